The summed E-state index contributed by atoms with van der Waals surface area (Å²) in [7, 11) is 0. The minimum Gasteiger partial charge on any atom is -0.433 e. The van der Waals surface area contributed by atoms with Gasteiger partial charge in [0, 0.05) is 5.02 Å². The monoisotopic (exact) mass is 378 g/mol. The second kappa shape index (κ2) is 7.49. The average molecular weight is 379 g/mol. The zero-order valence-corrected chi connectivity index (χ0v) is 14.2. The van der Waals surface area contributed by atoms with E-state index in [0.717, 1.165) is 0 Å². The van der Waals surface area contributed by atoms with Crippen LogP contribution in [0.4, 0.5) is 14.5 Å². The Kier molecular flexibility index (Phi) is 5.13. The Morgan fingerprint density at radius 2 is 1.96 bits per heavy atom. The summed E-state index contributed by atoms with van der Waals surface area (Å²) in [5.74, 6) is -0.739. The molecule has 0 unspecified atom stereocenters. The van der Waals surface area contributed by atoms with Crippen molar-refractivity contribution in [2.75, 3.05) is 5.32 Å². The molecule has 0 atom stereocenters. The third-order valence-electron chi connectivity index (χ3n) is 3.39. The molecule has 0 spiro atoms. The lowest BCUT2D eigenvalue weighted by Gasteiger charge is -2.10. The summed E-state index contributed by atoms with van der Waals surface area (Å²) in [4.78, 5) is 13.8. The highest BCUT2D eigenvalue weighted by Crippen LogP contribution is 2.26. The largest absolute Gasteiger partial charge is 0.433 e. The van der Waals surface area contributed by atoms with E-state index in [1.54, 1.807) is 37.3 Å². The molecular formula is C17H13ClF2N4O2. The highest BCUT2D eigenvalue weighted by molar-refractivity contribution is 6.30. The number of carbonyl (C=O) groups excluding carboxylic acids is 1. The highest BCUT2D eigenvalue weighted by Gasteiger charge is 2.19. The summed E-state index contributed by atoms with van der Waals surface area (Å²) >= 11 is 5.95. The molecular weight excluding hydrogens is 366 g/mol. The molecule has 0 bridgehead atoms. The smallest absolute Gasteiger partial charge is 0.387 e. The van der Waals surface area contributed by atoms with Gasteiger partial charge in [0.25, 0.3) is 5.91 Å². The number of para-hydroxylation sites is 2. The normalized spacial score (nSPS) is 10.8. The van der Waals surface area contributed by atoms with Crippen LogP contribution < -0.4 is 10.1 Å². The average Bonchev–Trinajstić information content (AvgIpc) is 2.98. The van der Waals surface area contributed by atoms with Gasteiger partial charge in [-0.15, -0.1) is 5.10 Å². The number of nitrogens with one attached hydrogen (secondary N) is 1. The topological polar surface area (TPSA) is 69.0 Å². The SMILES string of the molecule is Cc1nn(-c2cccc(Cl)c2)nc1C(=O)Nc1ccccc1OC(F)F. The van der Waals surface area contributed by atoms with Gasteiger partial charge < -0.3 is 10.1 Å². The summed E-state index contributed by atoms with van der Waals surface area (Å²) in [5.41, 5.74) is 1.11. The Bertz CT molecular complexity index is 946. The molecule has 1 aromatic heterocycles. The van der Waals surface area contributed by atoms with E-state index in [-0.39, 0.29) is 17.1 Å². The van der Waals surface area contributed by atoms with Gasteiger partial charge in [0.15, 0.2) is 5.69 Å². The van der Waals surface area contributed by atoms with Crippen LogP contribution in [-0.4, -0.2) is 27.5 Å². The first kappa shape index (κ1) is 17.8. The van der Waals surface area contributed by atoms with Gasteiger partial charge >= 0.3 is 6.61 Å². The van der Waals surface area contributed by atoms with Crippen molar-refractivity contribution in [3.63, 3.8) is 0 Å². The summed E-state index contributed by atoms with van der Waals surface area (Å²) in [6.45, 7) is -1.39. The van der Waals surface area contributed by atoms with Gasteiger partial charge in [0.2, 0.25) is 0 Å². The molecule has 6 nitrogen and oxygen atoms in total. The van der Waals surface area contributed by atoms with Gasteiger partial charge in [-0.3, -0.25) is 4.79 Å². The number of hydrogen-bond acceptors (Lipinski definition) is 4. The minimum absolute atomic E-state index is 0.0526. The van der Waals surface area contributed by atoms with E-state index >= 15 is 0 Å². The number of rotatable bonds is 5. The van der Waals surface area contributed by atoms with Gasteiger partial charge in [-0.2, -0.15) is 18.7 Å². The van der Waals surface area contributed by atoms with Gasteiger partial charge in [-0.05, 0) is 37.3 Å². The Morgan fingerprint density at radius 3 is 2.69 bits per heavy atom. The summed E-state index contributed by atoms with van der Waals surface area (Å²) < 4.78 is 29.4. The predicted molar refractivity (Wildman–Crippen MR) is 92.1 cm³/mol. The fourth-order valence-electron chi connectivity index (χ4n) is 2.25. The van der Waals surface area contributed by atoms with E-state index in [9.17, 15) is 13.6 Å². The van der Waals surface area contributed by atoms with Crippen molar-refractivity contribution in [3.8, 4) is 11.4 Å². The van der Waals surface area contributed by atoms with Crippen LogP contribution in [0.1, 0.15) is 16.2 Å². The number of alkyl halides is 2. The van der Waals surface area contributed by atoms with Crippen molar-refractivity contribution in [2.24, 2.45) is 0 Å². The van der Waals surface area contributed by atoms with Gasteiger partial charge in [-0.1, -0.05) is 29.8 Å². The first-order valence-electron chi connectivity index (χ1n) is 7.49. The predicted octanol–water partition coefficient (Wildman–Crippen LogP) is 4.08. The molecule has 0 saturated heterocycles. The van der Waals surface area contributed by atoms with Crippen LogP contribution >= 0.6 is 11.6 Å². The first-order valence-corrected chi connectivity index (χ1v) is 7.87. The molecule has 1 heterocycles. The molecule has 2 aromatic carbocycles. The van der Waals surface area contributed by atoms with Crippen LogP contribution in [0, 0.1) is 6.92 Å². The molecule has 1 N–H and O–H groups in total. The first-order chi connectivity index (χ1) is 12.4. The van der Waals surface area contributed by atoms with Gasteiger partial charge in [0.1, 0.15) is 5.75 Å². The van der Waals surface area contributed by atoms with E-state index in [4.69, 9.17) is 11.6 Å². The maximum absolute atomic E-state index is 12.5. The number of carbonyl (C=O) groups is 1. The number of ether oxygens (including phenoxy) is 1. The van der Waals surface area contributed by atoms with Crippen LogP contribution in [0.5, 0.6) is 5.75 Å². The lowest BCUT2D eigenvalue weighted by atomic mass is 10.2. The second-order valence-corrected chi connectivity index (χ2v) is 5.67. The van der Waals surface area contributed by atoms with Crippen molar-refractivity contribution >= 4 is 23.2 Å². The third kappa shape index (κ3) is 3.97. The molecule has 0 aliphatic rings. The number of hydrogen-bond donors (Lipinski definition) is 1. The number of anilines is 1. The summed E-state index contributed by atoms with van der Waals surface area (Å²) in [5, 5.41) is 11.4. The molecule has 3 rings (SSSR count). The zero-order chi connectivity index (χ0) is 18.7. The van der Waals surface area contributed by atoms with Crippen LogP contribution in [-0.2, 0) is 0 Å². The molecule has 0 saturated carbocycles. The number of amides is 1. The minimum atomic E-state index is -3.00. The lowest BCUT2D eigenvalue weighted by molar-refractivity contribution is -0.0493. The Morgan fingerprint density at radius 1 is 1.19 bits per heavy atom. The maximum atomic E-state index is 12.5. The Labute approximate surface area is 152 Å². The molecule has 0 aliphatic carbocycles. The second-order valence-electron chi connectivity index (χ2n) is 5.23. The highest BCUT2D eigenvalue weighted by atomic mass is 35.5. The molecule has 3 aromatic rings. The van der Waals surface area contributed by atoms with Crippen molar-refractivity contribution in [1.29, 1.82) is 0 Å². The van der Waals surface area contributed by atoms with Crippen LogP contribution in [0.2, 0.25) is 5.02 Å². The van der Waals surface area contributed by atoms with Crippen molar-refractivity contribution in [2.45, 2.75) is 13.5 Å². The Balaban J connectivity index is 1.86. The number of aryl methyl sites for hydroxylation is 1. The van der Waals surface area contributed by atoms with Crippen LogP contribution in [0.15, 0.2) is 48.5 Å². The van der Waals surface area contributed by atoms with Crippen LogP contribution in [0.25, 0.3) is 5.69 Å². The standard InChI is InChI=1S/C17H13ClF2N4O2/c1-10-15(23-24(22-10)12-6-4-5-11(18)9-12)16(25)21-13-7-2-3-8-14(13)26-17(19)20/h2-9,17H,1H3,(H,21,25). The van der Waals surface area contributed by atoms with E-state index < -0.39 is 12.5 Å². The zero-order valence-electron chi connectivity index (χ0n) is 13.5. The maximum Gasteiger partial charge on any atom is 0.387 e. The van der Waals surface area contributed by atoms with Crippen LogP contribution in [0.3, 0.4) is 0 Å². The number of aromatic nitrogens is 3. The molecule has 1 amide bonds. The Hall–Kier alpha value is -3.00. The molecule has 0 fully saturated rings. The lowest BCUT2D eigenvalue weighted by Crippen LogP contribution is -2.15. The van der Waals surface area contributed by atoms with Gasteiger partial charge in [-0.25, -0.2) is 0 Å². The molecule has 134 valence electrons. The molecule has 0 radical (unpaired) electrons. The summed E-state index contributed by atoms with van der Waals surface area (Å²) in [6.07, 6.45) is 0. The van der Waals surface area contributed by atoms with Crippen molar-refractivity contribution < 1.29 is 18.3 Å². The quantitative estimate of drug-likeness (QED) is 0.726. The molecule has 26 heavy (non-hydrogen) atoms. The summed E-state index contributed by atoms with van der Waals surface area (Å²) in [6, 6.07) is 12.7. The van der Waals surface area contributed by atoms with E-state index in [2.05, 4.69) is 20.3 Å². The third-order valence-corrected chi connectivity index (χ3v) is 3.62. The number of halogens is 3. The fraction of sp³-hybridized carbons (Fsp3) is 0.118. The van der Waals surface area contributed by atoms with E-state index in [1.165, 1.54) is 23.0 Å². The van der Waals surface area contributed by atoms with E-state index in [1.807, 2.05) is 0 Å². The van der Waals surface area contributed by atoms with E-state index in [0.29, 0.717) is 16.4 Å². The molecule has 0 aliphatic heterocycles. The van der Waals surface area contributed by atoms with Crippen molar-refractivity contribution in [1.82, 2.24) is 15.0 Å². The molecule has 9 heteroatoms. The fourth-order valence-corrected chi connectivity index (χ4v) is 2.44. The van der Waals surface area contributed by atoms with Crippen molar-refractivity contribution in [3.05, 3.63) is 64.9 Å². The van der Waals surface area contributed by atoms with Gasteiger partial charge in [0.05, 0.1) is 17.1 Å². The number of benzene rings is 2. The number of nitrogens with zero attached hydrogens (tertiary/aromatic N) is 3.